The van der Waals surface area contributed by atoms with E-state index in [-0.39, 0.29) is 5.56 Å². The zero-order chi connectivity index (χ0) is 16.1. The summed E-state index contributed by atoms with van der Waals surface area (Å²) in [5.74, 6) is -0.548. The van der Waals surface area contributed by atoms with Crippen LogP contribution in [-0.4, -0.2) is 23.4 Å². The lowest BCUT2D eigenvalue weighted by molar-refractivity contribution is 0.00578. The highest BCUT2D eigenvalue weighted by Gasteiger charge is 2.52. The van der Waals surface area contributed by atoms with Crippen LogP contribution < -0.4 is 5.46 Å². The zero-order valence-electron chi connectivity index (χ0n) is 12.9. The Labute approximate surface area is 124 Å². The van der Waals surface area contributed by atoms with Crippen LogP contribution in [0.15, 0.2) is 18.2 Å². The van der Waals surface area contributed by atoms with Gasteiger partial charge in [0.25, 0.3) is 0 Å². The lowest BCUT2D eigenvalue weighted by Crippen LogP contribution is -2.41. The second-order valence-electron chi connectivity index (χ2n) is 6.55. The molecule has 21 heavy (non-hydrogen) atoms. The van der Waals surface area contributed by atoms with E-state index in [4.69, 9.17) is 14.6 Å². The van der Waals surface area contributed by atoms with Crippen molar-refractivity contribution in [3.63, 3.8) is 0 Å². The van der Waals surface area contributed by atoms with Crippen LogP contribution in [0.5, 0.6) is 0 Å². The molecule has 2 rings (SSSR count). The summed E-state index contributed by atoms with van der Waals surface area (Å²) in [6.07, 6.45) is 0. The Hall–Kier alpha value is -1.42. The number of nitriles is 1. The molecule has 1 aliphatic heterocycles. The second kappa shape index (κ2) is 4.80. The molecule has 0 spiro atoms. The van der Waals surface area contributed by atoms with E-state index < -0.39 is 29.7 Å². The van der Waals surface area contributed by atoms with E-state index in [1.54, 1.807) is 6.07 Å². The average Bonchev–Trinajstić information content (AvgIpc) is 2.58. The van der Waals surface area contributed by atoms with Crippen molar-refractivity contribution in [1.29, 1.82) is 5.26 Å². The van der Waals surface area contributed by atoms with Crippen LogP contribution >= 0.6 is 0 Å². The van der Waals surface area contributed by atoms with Crippen molar-refractivity contribution >= 4 is 12.6 Å². The predicted molar refractivity (Wildman–Crippen MR) is 77.3 cm³/mol. The molecule has 1 atom stereocenters. The van der Waals surface area contributed by atoms with Gasteiger partial charge in [-0.05, 0) is 52.2 Å². The number of benzene rings is 1. The lowest BCUT2D eigenvalue weighted by Gasteiger charge is -2.32. The van der Waals surface area contributed by atoms with Crippen LogP contribution in [-0.2, 0) is 14.9 Å². The van der Waals surface area contributed by atoms with Gasteiger partial charge in [0.15, 0.2) is 5.60 Å². The fourth-order valence-electron chi connectivity index (χ4n) is 2.07. The van der Waals surface area contributed by atoms with E-state index in [2.05, 4.69) is 0 Å². The minimum Gasteiger partial charge on any atom is -0.399 e. The number of hydrogen-bond acceptors (Lipinski definition) is 4. The van der Waals surface area contributed by atoms with Gasteiger partial charge in [-0.25, -0.2) is 4.39 Å². The first-order valence-electron chi connectivity index (χ1n) is 6.79. The smallest absolute Gasteiger partial charge is 0.399 e. The maximum Gasteiger partial charge on any atom is 0.494 e. The van der Waals surface area contributed by atoms with Crippen LogP contribution in [0, 0.1) is 17.1 Å². The third kappa shape index (κ3) is 2.82. The van der Waals surface area contributed by atoms with E-state index >= 15 is 0 Å². The summed E-state index contributed by atoms with van der Waals surface area (Å²) in [5.41, 5.74) is -2.22. The number of aliphatic hydroxyl groups is 1. The first kappa shape index (κ1) is 16.0. The molecule has 0 saturated carbocycles. The predicted octanol–water partition coefficient (Wildman–Crippen LogP) is 1.86. The molecule has 1 saturated heterocycles. The standard InChI is InChI=1S/C15H19BFNO3/c1-13(2)14(3,4)21-16(20-13)11-6-10(7-12(17)8-11)15(5,19)9-18/h6-8,19H,1-5H3. The Balaban J connectivity index is 2.42. The summed E-state index contributed by atoms with van der Waals surface area (Å²) < 4.78 is 25.5. The zero-order valence-corrected chi connectivity index (χ0v) is 12.9. The molecule has 0 bridgehead atoms. The Morgan fingerprint density at radius 3 is 2.19 bits per heavy atom. The Kier molecular flexibility index (Phi) is 3.65. The third-order valence-corrected chi connectivity index (χ3v) is 4.23. The molecule has 0 radical (unpaired) electrons. The Bertz CT molecular complexity index is 591. The van der Waals surface area contributed by atoms with Crippen LogP contribution in [0.25, 0.3) is 0 Å². The number of hydrogen-bond donors (Lipinski definition) is 1. The maximum absolute atomic E-state index is 13.8. The van der Waals surface area contributed by atoms with E-state index in [1.165, 1.54) is 19.1 Å². The first-order chi connectivity index (χ1) is 9.48. The van der Waals surface area contributed by atoms with E-state index in [0.29, 0.717) is 5.46 Å². The van der Waals surface area contributed by atoms with Crippen molar-refractivity contribution in [2.24, 2.45) is 0 Å². The van der Waals surface area contributed by atoms with Crippen molar-refractivity contribution in [2.75, 3.05) is 0 Å². The SMILES string of the molecule is CC(O)(C#N)c1cc(F)cc(B2OC(C)(C)C(C)(C)O2)c1. The highest BCUT2D eigenvalue weighted by molar-refractivity contribution is 6.62. The van der Waals surface area contributed by atoms with Gasteiger partial charge < -0.3 is 14.4 Å². The highest BCUT2D eigenvalue weighted by Crippen LogP contribution is 2.36. The van der Waals surface area contributed by atoms with E-state index in [1.807, 2.05) is 27.7 Å². The normalized spacial score (nSPS) is 22.7. The molecule has 0 aliphatic carbocycles. The molecule has 1 aromatic rings. The molecule has 6 heteroatoms. The molecule has 0 amide bonds. The molecular weight excluding hydrogens is 272 g/mol. The average molecular weight is 291 g/mol. The van der Waals surface area contributed by atoms with Gasteiger partial charge in [-0.15, -0.1) is 0 Å². The van der Waals surface area contributed by atoms with Crippen molar-refractivity contribution in [1.82, 2.24) is 0 Å². The fourth-order valence-corrected chi connectivity index (χ4v) is 2.07. The molecule has 1 aromatic carbocycles. The molecule has 112 valence electrons. The summed E-state index contributed by atoms with van der Waals surface area (Å²) in [6.45, 7) is 8.92. The molecule has 0 aromatic heterocycles. The molecular formula is C15H19BFNO3. The van der Waals surface area contributed by atoms with Gasteiger partial charge in [0.2, 0.25) is 0 Å². The molecule has 1 unspecified atom stereocenters. The minimum atomic E-state index is -1.76. The van der Waals surface area contributed by atoms with Crippen LogP contribution in [0.4, 0.5) is 4.39 Å². The van der Waals surface area contributed by atoms with Crippen molar-refractivity contribution in [3.05, 3.63) is 29.6 Å². The number of nitrogens with zero attached hydrogens (tertiary/aromatic N) is 1. The van der Waals surface area contributed by atoms with Crippen LogP contribution in [0.3, 0.4) is 0 Å². The third-order valence-electron chi connectivity index (χ3n) is 4.23. The monoisotopic (exact) mass is 291 g/mol. The topological polar surface area (TPSA) is 62.5 Å². The summed E-state index contributed by atoms with van der Waals surface area (Å²) in [4.78, 5) is 0. The molecule has 1 fully saturated rings. The first-order valence-corrected chi connectivity index (χ1v) is 6.79. The van der Waals surface area contributed by atoms with Gasteiger partial charge in [0.1, 0.15) is 11.9 Å². The van der Waals surface area contributed by atoms with Crippen molar-refractivity contribution in [2.45, 2.75) is 51.4 Å². The quantitative estimate of drug-likeness (QED) is 0.667. The van der Waals surface area contributed by atoms with Gasteiger partial charge in [-0.1, -0.05) is 6.07 Å². The van der Waals surface area contributed by atoms with Crippen LogP contribution in [0.2, 0.25) is 0 Å². The maximum atomic E-state index is 13.8. The number of halogens is 1. The van der Waals surface area contributed by atoms with Crippen molar-refractivity contribution in [3.8, 4) is 6.07 Å². The molecule has 4 nitrogen and oxygen atoms in total. The Morgan fingerprint density at radius 1 is 1.19 bits per heavy atom. The summed E-state index contributed by atoms with van der Waals surface area (Å²) in [6, 6.07) is 5.71. The van der Waals surface area contributed by atoms with E-state index in [0.717, 1.165) is 6.07 Å². The van der Waals surface area contributed by atoms with Gasteiger partial charge in [-0.2, -0.15) is 5.26 Å². The second-order valence-corrected chi connectivity index (χ2v) is 6.55. The van der Waals surface area contributed by atoms with Gasteiger partial charge in [0, 0.05) is 5.56 Å². The summed E-state index contributed by atoms with van der Waals surface area (Å²) in [5, 5.41) is 19.0. The minimum absolute atomic E-state index is 0.176. The lowest BCUT2D eigenvalue weighted by atomic mass is 9.77. The van der Waals surface area contributed by atoms with Crippen LogP contribution in [0.1, 0.15) is 40.2 Å². The molecule has 1 N–H and O–H groups in total. The van der Waals surface area contributed by atoms with Gasteiger partial charge in [-0.3, -0.25) is 0 Å². The van der Waals surface area contributed by atoms with Gasteiger partial charge >= 0.3 is 7.12 Å². The highest BCUT2D eigenvalue weighted by atomic mass is 19.1. The largest absolute Gasteiger partial charge is 0.494 e. The molecule has 1 aliphatic rings. The van der Waals surface area contributed by atoms with E-state index in [9.17, 15) is 9.50 Å². The molecule has 1 heterocycles. The van der Waals surface area contributed by atoms with Gasteiger partial charge in [0.05, 0.1) is 11.2 Å². The Morgan fingerprint density at radius 2 is 1.71 bits per heavy atom. The summed E-state index contributed by atoms with van der Waals surface area (Å²) in [7, 11) is -0.737. The number of rotatable bonds is 2. The van der Waals surface area contributed by atoms with Crippen molar-refractivity contribution < 1.29 is 18.8 Å². The summed E-state index contributed by atoms with van der Waals surface area (Å²) >= 11 is 0. The fraction of sp³-hybridized carbons (Fsp3) is 0.533.